The van der Waals surface area contributed by atoms with Crippen LogP contribution in [-0.4, -0.2) is 32.6 Å². The van der Waals surface area contributed by atoms with Crippen LogP contribution >= 0.6 is 23.4 Å². The number of nitrogens with zero attached hydrogens (tertiary/aromatic N) is 3. The highest BCUT2D eigenvalue weighted by Crippen LogP contribution is 2.37. The van der Waals surface area contributed by atoms with Gasteiger partial charge in [0, 0.05) is 10.7 Å². The second-order valence-corrected chi connectivity index (χ2v) is 8.05. The quantitative estimate of drug-likeness (QED) is 0.637. The largest absolute Gasteiger partial charge is 0.494 e. The van der Waals surface area contributed by atoms with Crippen LogP contribution in [0.15, 0.2) is 53.7 Å². The molecule has 0 radical (unpaired) electrons. The van der Waals surface area contributed by atoms with Gasteiger partial charge in [0.05, 0.1) is 12.6 Å². The Hall–Kier alpha value is -2.71. The lowest BCUT2D eigenvalue weighted by molar-refractivity contribution is -0.116. The summed E-state index contributed by atoms with van der Waals surface area (Å²) >= 11 is 7.42. The summed E-state index contributed by atoms with van der Waals surface area (Å²) in [4.78, 5) is 13.2. The summed E-state index contributed by atoms with van der Waals surface area (Å²) in [7, 11) is 0. The number of thioether (sulfide) groups is 1. The molecule has 0 unspecified atom stereocenters. The minimum Gasteiger partial charge on any atom is -0.494 e. The van der Waals surface area contributed by atoms with E-state index in [4.69, 9.17) is 16.3 Å². The number of hydrogen-bond donors (Lipinski definition) is 2. The zero-order chi connectivity index (χ0) is 20.4. The second kappa shape index (κ2) is 8.34. The molecule has 3 aromatic rings. The molecular weight excluding hydrogens is 410 g/mol. The smallest absolute Gasteiger partial charge is 0.240 e. The van der Waals surface area contributed by atoms with E-state index in [9.17, 15) is 4.79 Å². The van der Waals surface area contributed by atoms with Gasteiger partial charge in [-0.15, -0.1) is 10.2 Å². The molecule has 0 saturated carbocycles. The Morgan fingerprint density at radius 2 is 1.93 bits per heavy atom. The monoisotopic (exact) mass is 429 g/mol. The van der Waals surface area contributed by atoms with Crippen LogP contribution in [0.25, 0.3) is 0 Å². The molecule has 1 aromatic heterocycles. The fourth-order valence-corrected chi connectivity index (χ4v) is 4.35. The number of nitrogens with one attached hydrogen (secondary N) is 2. The first-order valence-electron chi connectivity index (χ1n) is 9.19. The molecule has 2 atom stereocenters. The molecule has 1 amide bonds. The van der Waals surface area contributed by atoms with Gasteiger partial charge in [-0.05, 0) is 55.8 Å². The molecule has 0 bridgehead atoms. The molecule has 0 spiro atoms. The van der Waals surface area contributed by atoms with Crippen molar-refractivity contribution in [2.75, 3.05) is 17.3 Å². The van der Waals surface area contributed by atoms with Crippen LogP contribution < -0.4 is 15.5 Å². The van der Waals surface area contributed by atoms with Gasteiger partial charge in [-0.25, -0.2) is 4.68 Å². The number of carbonyl (C=O) groups excluding carboxylic acids is 1. The fraction of sp³-hybridized carbons (Fsp3) is 0.250. The average molecular weight is 430 g/mol. The number of aromatic nitrogens is 3. The molecule has 4 rings (SSSR count). The molecule has 2 heterocycles. The molecule has 2 N–H and O–H groups in total. The summed E-state index contributed by atoms with van der Waals surface area (Å²) in [6.45, 7) is 4.39. The van der Waals surface area contributed by atoms with Gasteiger partial charge in [-0.2, -0.15) is 0 Å². The van der Waals surface area contributed by atoms with Crippen LogP contribution in [0.4, 0.5) is 5.69 Å². The Bertz CT molecular complexity index is 1010. The number of halogens is 1. The van der Waals surface area contributed by atoms with E-state index in [1.807, 2.05) is 67.1 Å². The molecule has 1 aliphatic heterocycles. The maximum Gasteiger partial charge on any atom is 0.240 e. The first-order valence-corrected chi connectivity index (χ1v) is 10.5. The minimum absolute atomic E-state index is 0.126. The van der Waals surface area contributed by atoms with Crippen LogP contribution in [0.3, 0.4) is 0 Å². The summed E-state index contributed by atoms with van der Waals surface area (Å²) < 4.78 is 7.26. The summed E-state index contributed by atoms with van der Waals surface area (Å²) in [6.07, 6.45) is 0. The Morgan fingerprint density at radius 3 is 2.62 bits per heavy atom. The second-order valence-electron chi connectivity index (χ2n) is 6.51. The summed E-state index contributed by atoms with van der Waals surface area (Å²) in [5.41, 5.74) is 5.03. The summed E-state index contributed by atoms with van der Waals surface area (Å²) in [6, 6.07) is 14.5. The van der Waals surface area contributed by atoms with Crippen LogP contribution in [0.2, 0.25) is 5.02 Å². The minimum atomic E-state index is -0.446. The van der Waals surface area contributed by atoms with Crippen molar-refractivity contribution in [1.82, 2.24) is 14.9 Å². The first-order chi connectivity index (χ1) is 14.0. The van der Waals surface area contributed by atoms with Crippen LogP contribution in [-0.2, 0) is 4.79 Å². The molecular formula is C20H20ClN5O2S. The lowest BCUT2D eigenvalue weighted by Gasteiger charge is -2.32. The van der Waals surface area contributed by atoms with E-state index >= 15 is 0 Å². The number of aryl methyl sites for hydroxylation is 1. The van der Waals surface area contributed by atoms with E-state index in [1.165, 1.54) is 11.8 Å². The molecule has 150 valence electrons. The molecule has 1 aliphatic rings. The number of amides is 1. The predicted molar refractivity (Wildman–Crippen MR) is 114 cm³/mol. The van der Waals surface area contributed by atoms with Crippen LogP contribution in [0.5, 0.6) is 5.75 Å². The van der Waals surface area contributed by atoms with Crippen molar-refractivity contribution in [1.29, 1.82) is 0 Å². The highest BCUT2D eigenvalue weighted by molar-refractivity contribution is 8.00. The van der Waals surface area contributed by atoms with Crippen molar-refractivity contribution >= 4 is 35.0 Å². The SMILES string of the molecule is CCOc1ccc(NC(=O)[C@@H]2Sc3nnc(C)n3N[C@H]2c2ccc(Cl)cc2)cc1. The van der Waals surface area contributed by atoms with Crippen molar-refractivity contribution in [3.63, 3.8) is 0 Å². The molecule has 7 nitrogen and oxygen atoms in total. The van der Waals surface area contributed by atoms with Crippen LogP contribution in [0.1, 0.15) is 24.4 Å². The van der Waals surface area contributed by atoms with Gasteiger partial charge in [0.2, 0.25) is 11.1 Å². The van der Waals surface area contributed by atoms with Gasteiger partial charge in [-0.1, -0.05) is 35.5 Å². The number of carbonyl (C=O) groups is 1. The standard InChI is InChI=1S/C20H20ClN5O2S/c1-3-28-16-10-8-15(9-11-16)22-19(27)18-17(13-4-6-14(21)7-5-13)25-26-12(2)23-24-20(26)29-18/h4-11,17-18,25H,3H2,1-2H3,(H,22,27)/t17-,18+/m0/s1. The van der Waals surface area contributed by atoms with E-state index in [2.05, 4.69) is 20.9 Å². The van der Waals surface area contributed by atoms with E-state index in [0.29, 0.717) is 22.5 Å². The summed E-state index contributed by atoms with van der Waals surface area (Å²) in [5, 5.41) is 12.1. The third-order valence-corrected chi connectivity index (χ3v) is 5.99. The van der Waals surface area contributed by atoms with Gasteiger partial charge >= 0.3 is 0 Å². The van der Waals surface area contributed by atoms with Gasteiger partial charge in [0.15, 0.2) is 0 Å². The number of rotatable bonds is 5. The van der Waals surface area contributed by atoms with E-state index in [0.717, 1.165) is 17.1 Å². The molecule has 29 heavy (non-hydrogen) atoms. The van der Waals surface area contributed by atoms with Gasteiger partial charge in [-0.3, -0.25) is 4.79 Å². The zero-order valence-electron chi connectivity index (χ0n) is 15.9. The Kier molecular flexibility index (Phi) is 5.64. The van der Waals surface area contributed by atoms with E-state index < -0.39 is 5.25 Å². The Balaban J connectivity index is 1.59. The molecule has 0 aliphatic carbocycles. The molecule has 0 fully saturated rings. The first kappa shape index (κ1) is 19.6. The topological polar surface area (TPSA) is 81.1 Å². The normalized spacial score (nSPS) is 17.9. The van der Waals surface area contributed by atoms with Crippen LogP contribution in [0, 0.1) is 6.92 Å². The van der Waals surface area contributed by atoms with E-state index in [-0.39, 0.29) is 11.9 Å². The van der Waals surface area contributed by atoms with Gasteiger partial charge in [0.25, 0.3) is 0 Å². The predicted octanol–water partition coefficient (Wildman–Crippen LogP) is 4.04. The third kappa shape index (κ3) is 4.18. The molecule has 0 saturated heterocycles. The number of fused-ring (bicyclic) bond motifs is 1. The number of benzene rings is 2. The van der Waals surface area contributed by atoms with Gasteiger partial charge < -0.3 is 15.5 Å². The van der Waals surface area contributed by atoms with Crippen molar-refractivity contribution in [3.8, 4) is 5.75 Å². The number of anilines is 1. The van der Waals surface area contributed by atoms with Crippen molar-refractivity contribution < 1.29 is 9.53 Å². The molecule has 9 heteroatoms. The lowest BCUT2D eigenvalue weighted by Crippen LogP contribution is -2.41. The maximum atomic E-state index is 13.2. The Morgan fingerprint density at radius 1 is 1.21 bits per heavy atom. The zero-order valence-corrected chi connectivity index (χ0v) is 17.5. The Labute approximate surface area is 177 Å². The van der Waals surface area contributed by atoms with Crippen molar-refractivity contribution in [2.45, 2.75) is 30.3 Å². The lowest BCUT2D eigenvalue weighted by atomic mass is 10.0. The number of ether oxygens (including phenoxy) is 1. The number of hydrogen-bond acceptors (Lipinski definition) is 6. The molecule has 2 aromatic carbocycles. The summed E-state index contributed by atoms with van der Waals surface area (Å²) in [5.74, 6) is 1.37. The third-order valence-electron chi connectivity index (χ3n) is 4.52. The average Bonchev–Trinajstić information content (AvgIpc) is 3.09. The van der Waals surface area contributed by atoms with Crippen molar-refractivity contribution in [2.24, 2.45) is 0 Å². The maximum absolute atomic E-state index is 13.2. The van der Waals surface area contributed by atoms with Crippen molar-refractivity contribution in [3.05, 3.63) is 64.9 Å². The highest BCUT2D eigenvalue weighted by Gasteiger charge is 2.37. The van der Waals surface area contributed by atoms with E-state index in [1.54, 1.807) is 0 Å². The fourth-order valence-electron chi connectivity index (χ4n) is 3.10. The highest BCUT2D eigenvalue weighted by atomic mass is 35.5. The van der Waals surface area contributed by atoms with Gasteiger partial charge in [0.1, 0.15) is 16.8 Å².